The molecule has 0 aliphatic heterocycles. The molecule has 6 aromatic carbocycles. The van der Waals surface area contributed by atoms with Crippen LogP contribution in [0, 0.1) is 27.7 Å². The van der Waals surface area contributed by atoms with Gasteiger partial charge in [0.1, 0.15) is 11.5 Å². The monoisotopic (exact) mass is 558 g/mol. The lowest BCUT2D eigenvalue weighted by Crippen LogP contribution is -2.29. The first-order valence-electron chi connectivity index (χ1n) is 14.8. The highest BCUT2D eigenvalue weighted by molar-refractivity contribution is 5.89. The molecular weight excluding hydrogens is 524 g/mol. The Morgan fingerprint density at radius 1 is 0.349 bits per heavy atom. The van der Waals surface area contributed by atoms with Crippen LogP contribution < -0.4 is 0 Å². The molecule has 0 fully saturated rings. The number of rotatable bonds is 4. The van der Waals surface area contributed by atoms with E-state index in [1.807, 2.05) is 38.1 Å². The lowest BCUT2D eigenvalue weighted by molar-refractivity contribution is 0.444. The van der Waals surface area contributed by atoms with E-state index in [1.54, 1.807) is 0 Å². The number of phenolic OH excluding ortho intramolecular Hbond substituents is 2. The summed E-state index contributed by atoms with van der Waals surface area (Å²) in [6.45, 7) is 8.18. The SMILES string of the molecule is Cc1ccccc1-c1ccc(C2(c3ccc(-c4ccccc4C)c(C)c3O)c3ccccc3-c3ccccc32)c(O)c1C. The van der Waals surface area contributed by atoms with Gasteiger partial charge in [-0.05, 0) is 94.5 Å². The molecule has 0 heterocycles. The molecule has 2 nitrogen and oxygen atoms in total. The van der Waals surface area contributed by atoms with Crippen LogP contribution in [-0.4, -0.2) is 10.2 Å². The van der Waals surface area contributed by atoms with Crippen molar-refractivity contribution in [1.29, 1.82) is 0 Å². The maximum absolute atomic E-state index is 12.2. The van der Waals surface area contributed by atoms with E-state index in [9.17, 15) is 10.2 Å². The van der Waals surface area contributed by atoms with Crippen molar-refractivity contribution in [2.45, 2.75) is 33.1 Å². The zero-order valence-corrected chi connectivity index (χ0v) is 24.9. The minimum absolute atomic E-state index is 0.243. The van der Waals surface area contributed by atoms with Crippen molar-refractivity contribution in [3.63, 3.8) is 0 Å². The predicted octanol–water partition coefficient (Wildman–Crippen LogP) is 10.0. The molecule has 0 saturated heterocycles. The van der Waals surface area contributed by atoms with Crippen LogP contribution in [0.2, 0.25) is 0 Å². The van der Waals surface area contributed by atoms with Crippen LogP contribution in [-0.2, 0) is 5.41 Å². The summed E-state index contributed by atoms with van der Waals surface area (Å²) in [6.07, 6.45) is 0. The first kappa shape index (κ1) is 26.8. The topological polar surface area (TPSA) is 40.5 Å². The molecule has 2 N–H and O–H groups in total. The van der Waals surface area contributed by atoms with Gasteiger partial charge in [0.2, 0.25) is 0 Å². The fourth-order valence-corrected chi connectivity index (χ4v) is 7.30. The van der Waals surface area contributed by atoms with E-state index in [-0.39, 0.29) is 11.5 Å². The van der Waals surface area contributed by atoms with Crippen LogP contribution in [0.15, 0.2) is 121 Å². The Morgan fingerprint density at radius 2 is 0.698 bits per heavy atom. The molecule has 0 radical (unpaired) electrons. The van der Waals surface area contributed by atoms with E-state index in [4.69, 9.17) is 0 Å². The Bertz CT molecular complexity index is 1900. The summed E-state index contributed by atoms with van der Waals surface area (Å²) in [5.74, 6) is 0.486. The quantitative estimate of drug-likeness (QED) is 0.226. The van der Waals surface area contributed by atoms with Gasteiger partial charge in [0.05, 0.1) is 5.41 Å². The molecule has 0 spiro atoms. The average Bonchev–Trinajstić information content (AvgIpc) is 3.32. The molecule has 0 amide bonds. The van der Waals surface area contributed by atoms with Crippen LogP contribution in [0.1, 0.15) is 44.5 Å². The largest absolute Gasteiger partial charge is 0.507 e. The molecule has 0 unspecified atom stereocenters. The number of aryl methyl sites for hydroxylation is 2. The van der Waals surface area contributed by atoms with Crippen molar-refractivity contribution in [1.82, 2.24) is 0 Å². The third-order valence-electron chi connectivity index (χ3n) is 9.49. The van der Waals surface area contributed by atoms with Gasteiger partial charge in [0.15, 0.2) is 0 Å². The van der Waals surface area contributed by atoms with Gasteiger partial charge in [-0.25, -0.2) is 0 Å². The van der Waals surface area contributed by atoms with Crippen molar-refractivity contribution < 1.29 is 10.2 Å². The van der Waals surface area contributed by atoms with E-state index in [0.29, 0.717) is 0 Å². The zero-order valence-electron chi connectivity index (χ0n) is 24.9. The molecule has 0 aromatic heterocycles. The Labute approximate surface area is 253 Å². The molecule has 0 atom stereocenters. The van der Waals surface area contributed by atoms with Crippen LogP contribution in [0.3, 0.4) is 0 Å². The van der Waals surface area contributed by atoms with Crippen molar-refractivity contribution in [2.24, 2.45) is 0 Å². The Kier molecular flexibility index (Phi) is 6.25. The van der Waals surface area contributed by atoms with Gasteiger partial charge in [0, 0.05) is 11.1 Å². The highest BCUT2D eigenvalue weighted by Crippen LogP contribution is 2.60. The van der Waals surface area contributed by atoms with Gasteiger partial charge >= 0.3 is 0 Å². The van der Waals surface area contributed by atoms with Gasteiger partial charge in [-0.15, -0.1) is 0 Å². The summed E-state index contributed by atoms with van der Waals surface area (Å²) in [7, 11) is 0. The van der Waals surface area contributed by atoms with E-state index >= 15 is 0 Å². The molecule has 43 heavy (non-hydrogen) atoms. The molecule has 0 bridgehead atoms. The van der Waals surface area contributed by atoms with Gasteiger partial charge in [-0.2, -0.15) is 0 Å². The van der Waals surface area contributed by atoms with E-state index < -0.39 is 5.41 Å². The van der Waals surface area contributed by atoms with Gasteiger partial charge in [-0.3, -0.25) is 0 Å². The first-order valence-corrected chi connectivity index (χ1v) is 14.8. The number of aromatic hydroxyl groups is 2. The first-order chi connectivity index (χ1) is 20.9. The second-order valence-electron chi connectivity index (χ2n) is 11.7. The van der Waals surface area contributed by atoms with Crippen molar-refractivity contribution >= 4 is 0 Å². The molecule has 2 heteroatoms. The summed E-state index contributed by atoms with van der Waals surface area (Å²) in [5, 5.41) is 24.4. The molecule has 210 valence electrons. The fourth-order valence-electron chi connectivity index (χ4n) is 7.30. The predicted molar refractivity (Wildman–Crippen MR) is 177 cm³/mol. The summed E-state index contributed by atoms with van der Waals surface area (Å²) in [5.41, 5.74) is 13.1. The lowest BCUT2D eigenvalue weighted by Gasteiger charge is -2.36. The lowest BCUT2D eigenvalue weighted by atomic mass is 9.66. The molecule has 1 aliphatic carbocycles. The van der Waals surface area contributed by atoms with Crippen molar-refractivity contribution in [3.05, 3.63) is 166 Å². The van der Waals surface area contributed by atoms with Crippen LogP contribution in [0.4, 0.5) is 0 Å². The van der Waals surface area contributed by atoms with Crippen molar-refractivity contribution in [2.75, 3.05) is 0 Å². The average molecular weight is 559 g/mol. The Hall–Kier alpha value is -5.08. The maximum atomic E-state index is 12.2. The Balaban J connectivity index is 1.58. The van der Waals surface area contributed by atoms with Crippen LogP contribution in [0.25, 0.3) is 33.4 Å². The van der Waals surface area contributed by atoms with Crippen LogP contribution >= 0.6 is 0 Å². The molecule has 7 rings (SSSR count). The van der Waals surface area contributed by atoms with Crippen molar-refractivity contribution in [3.8, 4) is 44.9 Å². The number of hydrogen-bond acceptors (Lipinski definition) is 2. The molecular formula is C41H34O2. The number of benzene rings is 6. The summed E-state index contributed by atoms with van der Waals surface area (Å²) < 4.78 is 0. The molecule has 0 saturated carbocycles. The smallest absolute Gasteiger partial charge is 0.123 e. The summed E-state index contributed by atoms with van der Waals surface area (Å²) in [4.78, 5) is 0. The van der Waals surface area contributed by atoms with Crippen LogP contribution in [0.5, 0.6) is 11.5 Å². The number of hydrogen-bond donors (Lipinski definition) is 2. The van der Waals surface area contributed by atoms with Gasteiger partial charge in [-0.1, -0.05) is 121 Å². The summed E-state index contributed by atoms with van der Waals surface area (Å²) >= 11 is 0. The van der Waals surface area contributed by atoms with Gasteiger partial charge in [0.25, 0.3) is 0 Å². The number of fused-ring (bicyclic) bond motifs is 3. The van der Waals surface area contributed by atoms with E-state index in [0.717, 1.165) is 77.9 Å². The third-order valence-corrected chi connectivity index (χ3v) is 9.49. The molecule has 6 aromatic rings. The standard InChI is InChI=1S/C41H34O2/c1-25-13-5-7-15-29(25)31-21-23-37(39(42)27(31)3)41(35-19-11-9-17-33(35)34-18-10-12-20-36(34)41)38-24-22-32(28(4)40(38)43)30-16-8-6-14-26(30)2/h5-24,42-43H,1-4H3. The van der Waals surface area contributed by atoms with E-state index in [2.05, 4.69) is 111 Å². The fraction of sp³-hybridized carbons (Fsp3) is 0.122. The second kappa shape index (κ2) is 10.0. The Morgan fingerprint density at radius 3 is 1.09 bits per heavy atom. The third kappa shape index (κ3) is 3.79. The minimum atomic E-state index is -0.925. The number of phenols is 2. The minimum Gasteiger partial charge on any atom is -0.507 e. The second-order valence-corrected chi connectivity index (χ2v) is 11.7. The van der Waals surface area contributed by atoms with Gasteiger partial charge < -0.3 is 10.2 Å². The normalized spacial score (nSPS) is 13.0. The zero-order chi connectivity index (χ0) is 29.9. The summed E-state index contributed by atoms with van der Waals surface area (Å²) in [6, 6.07) is 41.7. The highest BCUT2D eigenvalue weighted by atomic mass is 16.3. The maximum Gasteiger partial charge on any atom is 0.123 e. The molecule has 1 aliphatic rings. The highest BCUT2D eigenvalue weighted by Gasteiger charge is 2.49. The van der Waals surface area contributed by atoms with E-state index in [1.165, 1.54) is 0 Å².